The zero-order valence-electron chi connectivity index (χ0n) is 17.2. The number of nitrogens with zero attached hydrogens (tertiary/aromatic N) is 1. The van der Waals surface area contributed by atoms with Gasteiger partial charge in [0.15, 0.2) is 0 Å². The number of carbonyl (C=O) groups excluding carboxylic acids is 1. The third kappa shape index (κ3) is 5.56. The molecule has 0 saturated heterocycles. The summed E-state index contributed by atoms with van der Waals surface area (Å²) in [7, 11) is 0. The highest BCUT2D eigenvalue weighted by atomic mass is 35.5. The van der Waals surface area contributed by atoms with E-state index in [9.17, 15) is 26.7 Å². The Morgan fingerprint density at radius 2 is 1.66 bits per heavy atom. The highest BCUT2D eigenvalue weighted by Gasteiger charge is 2.36. The molecule has 0 aliphatic carbocycles. The van der Waals surface area contributed by atoms with Crippen LogP contribution in [0.15, 0.2) is 61.2 Å². The van der Waals surface area contributed by atoms with Crippen molar-refractivity contribution in [1.29, 1.82) is 0 Å². The molecule has 3 nitrogen and oxygen atoms in total. The van der Waals surface area contributed by atoms with Crippen LogP contribution >= 0.6 is 11.6 Å². The average Bonchev–Trinajstić information content (AvgIpc) is 3.06. The Bertz CT molecular complexity index is 1080. The molecule has 0 saturated carbocycles. The van der Waals surface area contributed by atoms with Crippen molar-refractivity contribution in [3.05, 3.63) is 89.6 Å². The van der Waals surface area contributed by atoms with Crippen molar-refractivity contribution in [3.63, 3.8) is 0 Å². The first-order valence-corrected chi connectivity index (χ1v) is 9.84. The number of aromatic nitrogens is 1. The van der Waals surface area contributed by atoms with Crippen LogP contribution in [0.5, 0.6) is 0 Å². The van der Waals surface area contributed by atoms with Gasteiger partial charge in [-0.15, -0.1) is 18.2 Å². The van der Waals surface area contributed by atoms with Crippen LogP contribution in [0.2, 0.25) is 0 Å². The average molecular weight is 471 g/mol. The van der Waals surface area contributed by atoms with Crippen molar-refractivity contribution < 1.29 is 26.7 Å². The van der Waals surface area contributed by atoms with Gasteiger partial charge in [0.25, 0.3) is 5.91 Å². The lowest BCUT2D eigenvalue weighted by atomic mass is 10.1. The molecule has 170 valence electrons. The topological polar surface area (TPSA) is 34.0 Å². The Morgan fingerprint density at radius 3 is 2.12 bits per heavy atom. The third-order valence-electron chi connectivity index (χ3n) is 4.33. The smallest absolute Gasteiger partial charge is 0.330 e. The number of nitrogens with one attached hydrogen (secondary N) is 1. The second-order valence-corrected chi connectivity index (χ2v) is 6.87. The predicted molar refractivity (Wildman–Crippen MR) is 116 cm³/mol. The van der Waals surface area contributed by atoms with E-state index in [4.69, 9.17) is 11.6 Å². The Balaban J connectivity index is 0.00000114. The number of hydrogen-bond donors (Lipinski definition) is 1. The predicted octanol–water partition coefficient (Wildman–Crippen LogP) is 7.40. The summed E-state index contributed by atoms with van der Waals surface area (Å²) in [5.74, 6) is -3.06. The van der Waals surface area contributed by atoms with E-state index in [-0.39, 0.29) is 22.9 Å². The molecule has 1 heterocycles. The fraction of sp³-hybridized carbons (Fsp3) is 0.174. The summed E-state index contributed by atoms with van der Waals surface area (Å²) in [5, 5.41) is 2.32. The van der Waals surface area contributed by atoms with E-state index < -0.39 is 34.8 Å². The molecule has 0 aliphatic heterocycles. The molecule has 0 fully saturated rings. The van der Waals surface area contributed by atoms with Crippen molar-refractivity contribution in [3.8, 4) is 11.3 Å². The summed E-state index contributed by atoms with van der Waals surface area (Å²) in [5.41, 5.74) is -0.960. The summed E-state index contributed by atoms with van der Waals surface area (Å²) in [6, 6.07) is 9.25. The van der Waals surface area contributed by atoms with E-state index in [1.807, 2.05) is 6.92 Å². The zero-order valence-corrected chi connectivity index (χ0v) is 18.0. The largest absolute Gasteiger partial charge is 0.418 e. The molecule has 0 atom stereocenters. The fourth-order valence-corrected chi connectivity index (χ4v) is 3.29. The van der Waals surface area contributed by atoms with Gasteiger partial charge in [0.05, 0.1) is 17.3 Å². The van der Waals surface area contributed by atoms with Crippen molar-refractivity contribution in [1.82, 2.24) is 4.57 Å². The van der Waals surface area contributed by atoms with Crippen LogP contribution in [0, 0.1) is 18.6 Å². The van der Waals surface area contributed by atoms with Crippen LogP contribution < -0.4 is 5.32 Å². The van der Waals surface area contributed by atoms with Crippen molar-refractivity contribution >= 4 is 23.2 Å². The molecular formula is C23H20ClF5N2O. The molecule has 1 N–H and O–H groups in total. The van der Waals surface area contributed by atoms with Gasteiger partial charge in [0.1, 0.15) is 17.2 Å². The van der Waals surface area contributed by atoms with E-state index in [0.717, 1.165) is 24.3 Å². The van der Waals surface area contributed by atoms with Crippen LogP contribution in [0.1, 0.15) is 28.5 Å². The van der Waals surface area contributed by atoms with Crippen LogP contribution in [0.4, 0.5) is 27.6 Å². The van der Waals surface area contributed by atoms with Gasteiger partial charge in [-0.2, -0.15) is 13.2 Å². The Morgan fingerprint density at radius 1 is 1.12 bits per heavy atom. The van der Waals surface area contributed by atoms with Crippen LogP contribution in [-0.2, 0) is 12.2 Å². The molecular weight excluding hydrogens is 451 g/mol. The molecule has 3 aromatic rings. The van der Waals surface area contributed by atoms with Gasteiger partial charge >= 0.3 is 6.18 Å². The second-order valence-electron chi connectivity index (χ2n) is 6.63. The van der Waals surface area contributed by atoms with E-state index in [1.165, 1.54) is 35.8 Å². The molecule has 0 radical (unpaired) electrons. The van der Waals surface area contributed by atoms with Gasteiger partial charge in [0.2, 0.25) is 0 Å². The third-order valence-corrected chi connectivity index (χ3v) is 4.57. The molecule has 0 spiro atoms. The maximum absolute atomic E-state index is 13.7. The molecule has 0 unspecified atom stereocenters. The molecule has 9 heteroatoms. The number of anilines is 1. The molecule has 0 bridgehead atoms. The number of hydrogen-bond acceptors (Lipinski definition) is 1. The van der Waals surface area contributed by atoms with Gasteiger partial charge in [0, 0.05) is 11.4 Å². The minimum absolute atomic E-state index is 0.108. The summed E-state index contributed by atoms with van der Waals surface area (Å²) in [4.78, 5) is 12.1. The van der Waals surface area contributed by atoms with Crippen LogP contribution in [0.3, 0.4) is 0 Å². The van der Waals surface area contributed by atoms with E-state index >= 15 is 0 Å². The van der Waals surface area contributed by atoms with Gasteiger partial charge in [-0.1, -0.05) is 24.3 Å². The molecule has 1 amide bonds. The number of rotatable bonds is 4. The highest BCUT2D eigenvalue weighted by Crippen LogP contribution is 2.39. The zero-order chi connectivity index (χ0) is 24.1. The van der Waals surface area contributed by atoms with E-state index in [0.29, 0.717) is 5.69 Å². The summed E-state index contributed by atoms with van der Waals surface area (Å²) >= 11 is 5.82. The lowest BCUT2D eigenvalue weighted by molar-refractivity contribution is -0.137. The number of alkyl halides is 4. The number of amides is 1. The summed E-state index contributed by atoms with van der Waals surface area (Å²) < 4.78 is 68.9. The van der Waals surface area contributed by atoms with E-state index in [2.05, 4.69) is 11.9 Å². The number of benzene rings is 2. The fourth-order valence-electron chi connectivity index (χ4n) is 2.98. The Labute approximate surface area is 187 Å². The van der Waals surface area contributed by atoms with Gasteiger partial charge in [-0.25, -0.2) is 8.78 Å². The standard InChI is InChI=1S/C20H14ClF5N2O.C3H6/c1-11-9-14(20(24,25)26)18(28(11)10-21)12-5-7-13(8-6-12)27-19(29)17-15(22)3-2-4-16(17)23;1-3-2/h2-9H,10H2,1H3,(H,27,29);3H,1H2,2H3. The number of halogens is 6. The number of aryl methyl sites for hydroxylation is 1. The van der Waals surface area contributed by atoms with Crippen LogP contribution in [0.25, 0.3) is 11.3 Å². The van der Waals surface area contributed by atoms with Crippen molar-refractivity contribution in [2.75, 3.05) is 5.32 Å². The maximum atomic E-state index is 13.7. The van der Waals surface area contributed by atoms with Gasteiger partial charge in [-0.05, 0) is 49.7 Å². The molecule has 32 heavy (non-hydrogen) atoms. The van der Waals surface area contributed by atoms with Crippen molar-refractivity contribution in [2.45, 2.75) is 26.0 Å². The first-order valence-electron chi connectivity index (χ1n) is 9.31. The quantitative estimate of drug-likeness (QED) is 0.240. The number of carbonyl (C=O) groups is 1. The highest BCUT2D eigenvalue weighted by molar-refractivity contribution is 6.15. The van der Waals surface area contributed by atoms with Crippen LogP contribution in [-0.4, -0.2) is 10.5 Å². The lowest BCUT2D eigenvalue weighted by Gasteiger charge is -2.13. The Hall–Kier alpha value is -3.13. The summed E-state index contributed by atoms with van der Waals surface area (Å²) in [6.45, 7) is 6.76. The number of allylic oxidation sites excluding steroid dienone is 1. The minimum Gasteiger partial charge on any atom is -0.330 e. The molecule has 1 aromatic heterocycles. The Kier molecular flexibility index (Phi) is 8.21. The molecule has 2 aromatic carbocycles. The first kappa shape index (κ1) is 25.1. The van der Waals surface area contributed by atoms with Crippen molar-refractivity contribution in [2.24, 2.45) is 0 Å². The minimum atomic E-state index is -4.58. The monoisotopic (exact) mass is 470 g/mol. The van der Waals surface area contributed by atoms with Gasteiger partial charge < -0.3 is 9.88 Å². The molecule has 0 aliphatic rings. The van der Waals surface area contributed by atoms with Gasteiger partial charge in [-0.3, -0.25) is 4.79 Å². The SMILES string of the molecule is C=CC.Cc1cc(C(F)(F)F)c(-c2ccc(NC(=O)c3c(F)cccc3F)cc2)n1CCl. The van der Waals surface area contributed by atoms with E-state index in [1.54, 1.807) is 6.08 Å². The first-order chi connectivity index (χ1) is 15.0. The second kappa shape index (κ2) is 10.5. The lowest BCUT2D eigenvalue weighted by Crippen LogP contribution is -2.15. The maximum Gasteiger partial charge on any atom is 0.418 e. The molecule has 3 rings (SSSR count). The normalized spacial score (nSPS) is 10.9. The summed E-state index contributed by atoms with van der Waals surface area (Å²) in [6.07, 6.45) is -2.83.